The number of nitrogens with zero attached hydrogens (tertiary/aromatic N) is 6. The third-order valence-electron chi connectivity index (χ3n) is 4.71. The van der Waals surface area contributed by atoms with E-state index in [1.165, 1.54) is 10.6 Å². The molecule has 0 bridgehead atoms. The van der Waals surface area contributed by atoms with Crippen molar-refractivity contribution in [3.63, 3.8) is 0 Å². The molecule has 0 amide bonds. The molecular weight excluding hydrogens is 363 g/mol. The van der Waals surface area contributed by atoms with Crippen LogP contribution in [0.15, 0.2) is 51.6 Å². The summed E-state index contributed by atoms with van der Waals surface area (Å²) in [5, 5.41) is 6.08. The van der Waals surface area contributed by atoms with Crippen LogP contribution in [0.1, 0.15) is 12.5 Å². The van der Waals surface area contributed by atoms with Crippen LogP contribution in [0.2, 0.25) is 0 Å². The van der Waals surface area contributed by atoms with Crippen molar-refractivity contribution in [1.82, 2.24) is 18.7 Å². The van der Waals surface area contributed by atoms with Crippen molar-refractivity contribution in [3.05, 3.63) is 69.1 Å². The van der Waals surface area contributed by atoms with E-state index in [2.05, 4.69) is 16.7 Å². The fourth-order valence-corrected chi connectivity index (χ4v) is 3.40. The van der Waals surface area contributed by atoms with Gasteiger partial charge >= 0.3 is 5.69 Å². The molecule has 1 aromatic carbocycles. The number of hydrogen-bond donors (Lipinski definition) is 0. The van der Waals surface area contributed by atoms with Crippen LogP contribution in [0.4, 0.5) is 10.3 Å². The fourth-order valence-electron chi connectivity index (χ4n) is 3.40. The van der Waals surface area contributed by atoms with E-state index in [4.69, 9.17) is 0 Å². The molecule has 0 radical (unpaired) electrons. The molecule has 1 aliphatic rings. The van der Waals surface area contributed by atoms with Crippen LogP contribution in [-0.4, -0.2) is 30.9 Å². The largest absolute Gasteiger partial charge is 0.332 e. The van der Waals surface area contributed by atoms with E-state index >= 15 is 0 Å². The summed E-state index contributed by atoms with van der Waals surface area (Å²) < 4.78 is 18.2. The number of fused-ring (bicyclic) bond motifs is 3. The molecule has 3 aromatic rings. The van der Waals surface area contributed by atoms with Crippen LogP contribution >= 0.6 is 0 Å². The molecule has 8 nitrogen and oxygen atoms in total. The van der Waals surface area contributed by atoms with Crippen LogP contribution in [0.5, 0.6) is 0 Å². The Labute approximate surface area is 159 Å². The predicted molar refractivity (Wildman–Crippen MR) is 105 cm³/mol. The zero-order chi connectivity index (χ0) is 20.0. The predicted octanol–water partition coefficient (Wildman–Crippen LogP) is 1.47. The number of aryl methyl sites for hydroxylation is 1. The third kappa shape index (κ3) is 2.67. The summed E-state index contributed by atoms with van der Waals surface area (Å²) in [5.74, 6) is 0.00300. The highest BCUT2D eigenvalue weighted by Crippen LogP contribution is 2.23. The molecule has 0 saturated carbocycles. The topological polar surface area (TPSA) is 77.4 Å². The number of hydrazone groups is 1. The number of aromatic nitrogens is 4. The molecule has 4 rings (SSSR count). The zero-order valence-corrected chi connectivity index (χ0v) is 15.6. The van der Waals surface area contributed by atoms with Gasteiger partial charge in [0, 0.05) is 12.6 Å². The molecule has 3 heterocycles. The molecule has 9 heteroatoms. The molecule has 0 fully saturated rings. The van der Waals surface area contributed by atoms with E-state index in [9.17, 15) is 14.0 Å². The van der Waals surface area contributed by atoms with Crippen molar-refractivity contribution in [2.75, 3.05) is 11.6 Å². The monoisotopic (exact) mass is 382 g/mol. The van der Waals surface area contributed by atoms with Gasteiger partial charge in [0.05, 0.1) is 25.3 Å². The van der Waals surface area contributed by atoms with Crippen LogP contribution in [-0.2, 0) is 20.1 Å². The van der Waals surface area contributed by atoms with E-state index in [1.807, 2.05) is 6.92 Å². The van der Waals surface area contributed by atoms with Gasteiger partial charge < -0.3 is 0 Å². The number of hydrogen-bond acceptors (Lipinski definition) is 5. The summed E-state index contributed by atoms with van der Waals surface area (Å²) in [4.78, 5) is 30.5. The Balaban J connectivity index is 1.97. The molecule has 144 valence electrons. The highest BCUT2D eigenvalue weighted by molar-refractivity contribution is 5.87. The summed E-state index contributed by atoms with van der Waals surface area (Å²) in [5.41, 5.74) is 0.566. The third-order valence-corrected chi connectivity index (χ3v) is 4.71. The summed E-state index contributed by atoms with van der Waals surface area (Å²) in [6, 6.07) is 6.09. The van der Waals surface area contributed by atoms with Crippen LogP contribution in [0, 0.1) is 5.82 Å². The Bertz CT molecular complexity index is 1250. The summed E-state index contributed by atoms with van der Waals surface area (Å²) in [6.07, 6.45) is 1.68. The van der Waals surface area contributed by atoms with Crippen molar-refractivity contribution >= 4 is 22.8 Å². The van der Waals surface area contributed by atoms with Gasteiger partial charge in [-0.05, 0) is 13.0 Å². The second-order valence-electron chi connectivity index (χ2n) is 6.70. The SMILES string of the molecule is C=CCN1N=C(C)Cn2c1nc1c2c(=O)n(Cc2ccccc2F)c(=O)n1C. The van der Waals surface area contributed by atoms with Crippen molar-refractivity contribution in [2.45, 2.75) is 20.0 Å². The number of anilines is 1. The van der Waals surface area contributed by atoms with Gasteiger partial charge in [0.15, 0.2) is 11.2 Å². The minimum Gasteiger partial charge on any atom is -0.297 e. The van der Waals surface area contributed by atoms with Gasteiger partial charge in [0.25, 0.3) is 5.56 Å². The lowest BCUT2D eigenvalue weighted by atomic mass is 10.2. The van der Waals surface area contributed by atoms with Gasteiger partial charge in [-0.2, -0.15) is 10.1 Å². The average molecular weight is 382 g/mol. The maximum atomic E-state index is 14.1. The Hall–Kier alpha value is -3.49. The van der Waals surface area contributed by atoms with Gasteiger partial charge in [-0.3, -0.25) is 18.5 Å². The van der Waals surface area contributed by atoms with Crippen molar-refractivity contribution in [2.24, 2.45) is 12.1 Å². The first-order valence-corrected chi connectivity index (χ1v) is 8.78. The number of benzene rings is 1. The van der Waals surface area contributed by atoms with E-state index in [0.29, 0.717) is 19.0 Å². The Morgan fingerprint density at radius 1 is 1.29 bits per heavy atom. The number of rotatable bonds is 4. The first-order chi connectivity index (χ1) is 13.4. The minimum atomic E-state index is -0.552. The second kappa shape index (κ2) is 6.59. The minimum absolute atomic E-state index is 0.155. The van der Waals surface area contributed by atoms with Gasteiger partial charge in [0.2, 0.25) is 5.95 Å². The first-order valence-electron chi connectivity index (χ1n) is 8.78. The zero-order valence-electron chi connectivity index (χ0n) is 15.6. The Kier molecular flexibility index (Phi) is 4.21. The van der Waals surface area contributed by atoms with Crippen LogP contribution in [0.25, 0.3) is 11.2 Å². The van der Waals surface area contributed by atoms with Crippen LogP contribution < -0.4 is 16.3 Å². The molecular formula is C19H19FN6O2. The molecule has 2 aromatic heterocycles. The lowest BCUT2D eigenvalue weighted by Gasteiger charge is -2.23. The number of halogens is 1. The van der Waals surface area contributed by atoms with Crippen molar-refractivity contribution in [3.8, 4) is 0 Å². The molecule has 0 aliphatic carbocycles. The first kappa shape index (κ1) is 17.9. The van der Waals surface area contributed by atoms with E-state index in [1.54, 1.807) is 40.9 Å². The maximum Gasteiger partial charge on any atom is 0.332 e. The van der Waals surface area contributed by atoms with Gasteiger partial charge in [-0.25, -0.2) is 14.2 Å². The molecule has 0 unspecified atom stereocenters. The van der Waals surface area contributed by atoms with Crippen molar-refractivity contribution in [1.29, 1.82) is 0 Å². The van der Waals surface area contributed by atoms with Gasteiger partial charge in [-0.1, -0.05) is 24.3 Å². The van der Waals surface area contributed by atoms with Gasteiger partial charge in [-0.15, -0.1) is 6.58 Å². The van der Waals surface area contributed by atoms with E-state index in [-0.39, 0.29) is 23.3 Å². The lowest BCUT2D eigenvalue weighted by Crippen LogP contribution is -2.40. The van der Waals surface area contributed by atoms with Crippen molar-refractivity contribution < 1.29 is 4.39 Å². The molecule has 1 aliphatic heterocycles. The highest BCUT2D eigenvalue weighted by atomic mass is 19.1. The van der Waals surface area contributed by atoms with Crippen LogP contribution in [0.3, 0.4) is 0 Å². The molecule has 0 spiro atoms. The highest BCUT2D eigenvalue weighted by Gasteiger charge is 2.26. The quantitative estimate of drug-likeness (QED) is 0.640. The molecule has 0 N–H and O–H groups in total. The summed E-state index contributed by atoms with van der Waals surface area (Å²) >= 11 is 0. The van der Waals surface area contributed by atoms with E-state index < -0.39 is 17.1 Å². The Morgan fingerprint density at radius 3 is 2.75 bits per heavy atom. The lowest BCUT2D eigenvalue weighted by molar-refractivity contribution is 0.582. The Morgan fingerprint density at radius 2 is 2.04 bits per heavy atom. The summed E-state index contributed by atoms with van der Waals surface area (Å²) in [6.45, 7) is 6.21. The fraction of sp³-hybridized carbons (Fsp3) is 0.263. The average Bonchev–Trinajstić information content (AvgIpc) is 3.05. The van der Waals surface area contributed by atoms with Gasteiger partial charge in [0.1, 0.15) is 5.82 Å². The summed E-state index contributed by atoms with van der Waals surface area (Å²) in [7, 11) is 1.55. The number of imidazole rings is 1. The molecule has 0 atom stereocenters. The normalized spacial score (nSPS) is 13.5. The standard InChI is InChI=1S/C19H19FN6O2/c1-4-9-26-18-21-16-15(24(18)10-12(2)22-26)17(27)25(19(28)23(16)3)11-13-7-5-6-8-14(13)20/h4-8H,1,9-11H2,2-3H3. The maximum absolute atomic E-state index is 14.1. The molecule has 0 saturated heterocycles. The second-order valence-corrected chi connectivity index (χ2v) is 6.70. The van der Waals surface area contributed by atoms with E-state index in [0.717, 1.165) is 10.3 Å². The smallest absolute Gasteiger partial charge is 0.297 e. The molecule has 28 heavy (non-hydrogen) atoms.